The number of carbonyl (C=O) groups excluding carboxylic acids is 1. The molecule has 0 aliphatic heterocycles. The van der Waals surface area contributed by atoms with Crippen LogP contribution in [0.5, 0.6) is 0 Å². The number of nitrogens with one attached hydrogen (secondary N) is 1. The lowest BCUT2D eigenvalue weighted by atomic mass is 10.0. The molecule has 6 heteroatoms. The number of carbonyl (C=O) groups is 1. The second-order valence-electron chi connectivity index (χ2n) is 7.20. The predicted molar refractivity (Wildman–Crippen MR) is 104 cm³/mol. The average molecular weight is 359 g/mol. The molecule has 6 nitrogen and oxygen atoms in total. The molecule has 2 atom stereocenters. The van der Waals surface area contributed by atoms with Gasteiger partial charge in [-0.15, -0.1) is 0 Å². The summed E-state index contributed by atoms with van der Waals surface area (Å²) in [5.74, 6) is 0.0613. The minimum atomic E-state index is -0.487. The number of benzene rings is 1. The van der Waals surface area contributed by atoms with Gasteiger partial charge >= 0.3 is 0 Å². The topological polar surface area (TPSA) is 96.2 Å². The minimum absolute atomic E-state index is 0.322. The molecular formula is C21H21N5O. The summed E-state index contributed by atoms with van der Waals surface area (Å²) >= 11 is 0. The monoisotopic (exact) mass is 359 g/mol. The van der Waals surface area contributed by atoms with Crippen molar-refractivity contribution in [2.45, 2.75) is 32.2 Å². The van der Waals surface area contributed by atoms with Crippen molar-refractivity contribution in [2.75, 3.05) is 5.32 Å². The quantitative estimate of drug-likeness (QED) is 0.744. The van der Waals surface area contributed by atoms with Crippen LogP contribution in [0.25, 0.3) is 16.6 Å². The predicted octanol–water partition coefficient (Wildman–Crippen LogP) is 3.57. The largest absolute Gasteiger partial charge is 0.380 e. The molecule has 0 spiro atoms. The van der Waals surface area contributed by atoms with Crippen LogP contribution in [-0.2, 0) is 0 Å². The highest BCUT2D eigenvalue weighted by atomic mass is 16.1. The number of nitrogens with two attached hydrogens (primary N) is 1. The SMILES string of the molecule is CC1CCCC1Nc1c(C(N)=O)cnn2cc(-c3ccc(C#N)cc3)cc12. The van der Waals surface area contributed by atoms with Gasteiger partial charge in [0.2, 0.25) is 0 Å². The van der Waals surface area contributed by atoms with Gasteiger partial charge in [-0.05, 0) is 42.5 Å². The van der Waals surface area contributed by atoms with Crippen LogP contribution in [0.4, 0.5) is 5.69 Å². The number of nitrogens with zero attached hydrogens (tertiary/aromatic N) is 3. The smallest absolute Gasteiger partial charge is 0.252 e. The Hall–Kier alpha value is -3.33. The molecule has 1 aliphatic carbocycles. The van der Waals surface area contributed by atoms with Crippen LogP contribution in [0.1, 0.15) is 42.1 Å². The van der Waals surface area contributed by atoms with Gasteiger partial charge in [-0.25, -0.2) is 4.52 Å². The van der Waals surface area contributed by atoms with Crippen LogP contribution in [0, 0.1) is 17.2 Å². The zero-order valence-electron chi connectivity index (χ0n) is 15.1. The Labute approximate surface area is 157 Å². The second kappa shape index (κ2) is 6.76. The first-order valence-electron chi connectivity index (χ1n) is 9.15. The van der Waals surface area contributed by atoms with E-state index in [2.05, 4.69) is 23.4 Å². The van der Waals surface area contributed by atoms with E-state index in [-0.39, 0.29) is 0 Å². The van der Waals surface area contributed by atoms with Crippen molar-refractivity contribution in [3.05, 3.63) is 53.9 Å². The number of aromatic nitrogens is 2. The molecule has 1 saturated carbocycles. The molecule has 0 saturated heterocycles. The van der Waals surface area contributed by atoms with E-state index in [0.717, 1.165) is 28.8 Å². The minimum Gasteiger partial charge on any atom is -0.380 e. The molecule has 0 radical (unpaired) electrons. The van der Waals surface area contributed by atoms with E-state index in [1.165, 1.54) is 19.0 Å². The van der Waals surface area contributed by atoms with Gasteiger partial charge in [0.15, 0.2) is 0 Å². The van der Waals surface area contributed by atoms with E-state index >= 15 is 0 Å². The Balaban J connectivity index is 1.80. The fourth-order valence-corrected chi connectivity index (χ4v) is 3.84. The zero-order chi connectivity index (χ0) is 19.0. The third-order valence-corrected chi connectivity index (χ3v) is 5.44. The normalized spacial score (nSPS) is 19.1. The highest BCUT2D eigenvalue weighted by Crippen LogP contribution is 2.33. The van der Waals surface area contributed by atoms with Crippen LogP contribution in [-0.4, -0.2) is 21.6 Å². The molecule has 1 amide bonds. The van der Waals surface area contributed by atoms with Crippen molar-refractivity contribution >= 4 is 17.1 Å². The number of anilines is 1. The maximum absolute atomic E-state index is 12.0. The number of primary amides is 1. The van der Waals surface area contributed by atoms with E-state index in [4.69, 9.17) is 11.0 Å². The van der Waals surface area contributed by atoms with E-state index in [1.54, 1.807) is 16.6 Å². The van der Waals surface area contributed by atoms with Crippen LogP contribution < -0.4 is 11.1 Å². The number of rotatable bonds is 4. The number of amides is 1. The van der Waals surface area contributed by atoms with Crippen LogP contribution >= 0.6 is 0 Å². The second-order valence-corrected chi connectivity index (χ2v) is 7.20. The van der Waals surface area contributed by atoms with Gasteiger partial charge in [0.25, 0.3) is 5.91 Å². The zero-order valence-corrected chi connectivity index (χ0v) is 15.1. The molecule has 1 aromatic carbocycles. The van der Waals surface area contributed by atoms with Gasteiger partial charge in [-0.1, -0.05) is 25.5 Å². The van der Waals surface area contributed by atoms with Crippen molar-refractivity contribution < 1.29 is 4.79 Å². The van der Waals surface area contributed by atoms with Gasteiger partial charge in [-0.3, -0.25) is 4.79 Å². The van der Waals surface area contributed by atoms with Gasteiger partial charge in [-0.2, -0.15) is 10.4 Å². The summed E-state index contributed by atoms with van der Waals surface area (Å²) in [6.45, 7) is 2.23. The number of hydrogen-bond donors (Lipinski definition) is 2. The Bertz CT molecular complexity index is 1040. The van der Waals surface area contributed by atoms with Gasteiger partial charge < -0.3 is 11.1 Å². The summed E-state index contributed by atoms with van der Waals surface area (Å²) in [6.07, 6.45) is 6.90. The van der Waals surface area contributed by atoms with Crippen molar-refractivity contribution in [1.82, 2.24) is 9.61 Å². The Morgan fingerprint density at radius 1 is 1.30 bits per heavy atom. The van der Waals surface area contributed by atoms with Crippen molar-refractivity contribution in [3.8, 4) is 17.2 Å². The van der Waals surface area contributed by atoms with Crippen molar-refractivity contribution in [2.24, 2.45) is 11.7 Å². The molecule has 3 aromatic rings. The lowest BCUT2D eigenvalue weighted by molar-refractivity contribution is 0.100. The van der Waals surface area contributed by atoms with Crippen molar-refractivity contribution in [3.63, 3.8) is 0 Å². The highest BCUT2D eigenvalue weighted by Gasteiger charge is 2.26. The maximum atomic E-state index is 12.0. The van der Waals surface area contributed by atoms with Gasteiger partial charge in [0.05, 0.1) is 34.6 Å². The van der Waals surface area contributed by atoms with Crippen LogP contribution in [0.2, 0.25) is 0 Å². The van der Waals surface area contributed by atoms with Crippen LogP contribution in [0.15, 0.2) is 42.7 Å². The van der Waals surface area contributed by atoms with Crippen molar-refractivity contribution in [1.29, 1.82) is 5.26 Å². The summed E-state index contributed by atoms with van der Waals surface area (Å²) in [5, 5.41) is 16.9. The highest BCUT2D eigenvalue weighted by molar-refractivity contribution is 6.02. The number of fused-ring (bicyclic) bond motifs is 1. The van der Waals surface area contributed by atoms with E-state index < -0.39 is 5.91 Å². The Kier molecular flexibility index (Phi) is 4.28. The van der Waals surface area contributed by atoms with Crippen LogP contribution in [0.3, 0.4) is 0 Å². The lowest BCUT2D eigenvalue weighted by Gasteiger charge is -2.20. The maximum Gasteiger partial charge on any atom is 0.252 e. The van der Waals surface area contributed by atoms with E-state index in [9.17, 15) is 4.79 Å². The average Bonchev–Trinajstić information content (AvgIpc) is 3.28. The first-order valence-corrected chi connectivity index (χ1v) is 9.15. The molecule has 27 heavy (non-hydrogen) atoms. The summed E-state index contributed by atoms with van der Waals surface area (Å²) in [7, 11) is 0. The van der Waals surface area contributed by atoms with Gasteiger partial charge in [0.1, 0.15) is 0 Å². The molecule has 136 valence electrons. The molecule has 3 N–H and O–H groups in total. The first kappa shape index (κ1) is 17.1. The standard InChI is InChI=1S/C21H21N5O/c1-13-3-2-4-18(13)25-20-17(21(23)27)11-24-26-12-16(9-19(20)26)15-7-5-14(10-22)6-8-15/h5-9,11-13,18,25H,2-4H2,1H3,(H2,23,27). The number of nitriles is 1. The fourth-order valence-electron chi connectivity index (χ4n) is 3.84. The molecule has 0 bridgehead atoms. The Morgan fingerprint density at radius 3 is 2.70 bits per heavy atom. The summed E-state index contributed by atoms with van der Waals surface area (Å²) < 4.78 is 1.77. The molecular weight excluding hydrogens is 338 g/mol. The Morgan fingerprint density at radius 2 is 2.07 bits per heavy atom. The molecule has 1 aliphatic rings. The summed E-state index contributed by atoms with van der Waals surface area (Å²) in [6, 6.07) is 11.9. The third-order valence-electron chi connectivity index (χ3n) is 5.44. The summed E-state index contributed by atoms with van der Waals surface area (Å²) in [5.41, 5.74) is 10.2. The third kappa shape index (κ3) is 3.13. The molecule has 1 fully saturated rings. The molecule has 2 unspecified atom stereocenters. The number of hydrogen-bond acceptors (Lipinski definition) is 4. The molecule has 2 aromatic heterocycles. The molecule has 4 rings (SSSR count). The summed E-state index contributed by atoms with van der Waals surface area (Å²) in [4.78, 5) is 12.0. The van der Waals surface area contributed by atoms with E-state index in [1.807, 2.05) is 24.4 Å². The lowest BCUT2D eigenvalue weighted by Crippen LogP contribution is -2.25. The van der Waals surface area contributed by atoms with Gasteiger partial charge in [0, 0.05) is 17.8 Å². The van der Waals surface area contributed by atoms with E-state index in [0.29, 0.717) is 23.1 Å². The fraction of sp³-hybridized carbons (Fsp3) is 0.286. The molecule has 2 heterocycles. The first-order chi connectivity index (χ1) is 13.1.